The van der Waals surface area contributed by atoms with Crippen LogP contribution < -0.4 is 5.32 Å². The SMILES string of the molecule is CCOC(=O)NC1CCCN(C(=O)CCCCC(=O)O)C1. The molecule has 0 spiro atoms. The Labute approximate surface area is 124 Å². The summed E-state index contributed by atoms with van der Waals surface area (Å²) in [5.41, 5.74) is 0. The molecule has 120 valence electrons. The van der Waals surface area contributed by atoms with E-state index in [0.717, 1.165) is 12.8 Å². The molecule has 2 amide bonds. The fraction of sp³-hybridized carbons (Fsp3) is 0.786. The molecule has 21 heavy (non-hydrogen) atoms. The molecule has 2 N–H and O–H groups in total. The fourth-order valence-corrected chi connectivity index (χ4v) is 2.37. The van der Waals surface area contributed by atoms with Crippen LogP contribution in [0.3, 0.4) is 0 Å². The van der Waals surface area contributed by atoms with Crippen molar-refractivity contribution in [2.45, 2.75) is 51.5 Å². The lowest BCUT2D eigenvalue weighted by molar-refractivity contribution is -0.137. The van der Waals surface area contributed by atoms with E-state index in [1.165, 1.54) is 0 Å². The summed E-state index contributed by atoms with van der Waals surface area (Å²) in [6, 6.07) is -0.0687. The van der Waals surface area contributed by atoms with Gasteiger partial charge in [-0.1, -0.05) is 0 Å². The number of rotatable bonds is 7. The minimum Gasteiger partial charge on any atom is -0.481 e. The third kappa shape index (κ3) is 6.97. The van der Waals surface area contributed by atoms with E-state index in [0.29, 0.717) is 39.0 Å². The van der Waals surface area contributed by atoms with Crippen LogP contribution >= 0.6 is 0 Å². The van der Waals surface area contributed by atoms with Crippen LogP contribution in [0.4, 0.5) is 4.79 Å². The highest BCUT2D eigenvalue weighted by Crippen LogP contribution is 2.13. The standard InChI is InChI=1S/C14H24N2O5/c1-2-21-14(20)15-11-6-5-9-16(10-11)12(17)7-3-4-8-13(18)19/h11H,2-10H2,1H3,(H,15,20)(H,18,19). The van der Waals surface area contributed by atoms with Crippen molar-refractivity contribution in [2.75, 3.05) is 19.7 Å². The van der Waals surface area contributed by atoms with Crippen molar-refractivity contribution in [3.8, 4) is 0 Å². The van der Waals surface area contributed by atoms with E-state index >= 15 is 0 Å². The van der Waals surface area contributed by atoms with Crippen LogP contribution in [0.1, 0.15) is 45.4 Å². The van der Waals surface area contributed by atoms with Gasteiger partial charge in [-0.15, -0.1) is 0 Å². The Morgan fingerprint density at radius 2 is 2.00 bits per heavy atom. The van der Waals surface area contributed by atoms with E-state index in [-0.39, 0.29) is 18.4 Å². The molecule has 1 atom stereocenters. The van der Waals surface area contributed by atoms with E-state index in [9.17, 15) is 14.4 Å². The highest BCUT2D eigenvalue weighted by molar-refractivity contribution is 5.76. The number of alkyl carbamates (subject to hydrolysis) is 1. The molecule has 1 saturated heterocycles. The van der Waals surface area contributed by atoms with Gasteiger partial charge in [0.25, 0.3) is 0 Å². The number of amides is 2. The zero-order valence-electron chi connectivity index (χ0n) is 12.5. The summed E-state index contributed by atoms with van der Waals surface area (Å²) in [5, 5.41) is 11.3. The molecule has 7 heteroatoms. The first-order valence-electron chi connectivity index (χ1n) is 7.45. The van der Waals surface area contributed by atoms with Crippen molar-refractivity contribution in [2.24, 2.45) is 0 Å². The second-order valence-electron chi connectivity index (χ2n) is 5.14. The number of hydrogen-bond donors (Lipinski definition) is 2. The number of piperidine rings is 1. The first-order valence-corrected chi connectivity index (χ1v) is 7.45. The topological polar surface area (TPSA) is 95.9 Å². The predicted molar refractivity (Wildman–Crippen MR) is 75.9 cm³/mol. The minimum absolute atomic E-state index is 0.0238. The molecule has 7 nitrogen and oxygen atoms in total. The maximum atomic E-state index is 12.0. The van der Waals surface area contributed by atoms with Gasteiger partial charge in [-0.3, -0.25) is 9.59 Å². The molecule has 1 unspecified atom stereocenters. The third-order valence-corrected chi connectivity index (χ3v) is 3.40. The molecular weight excluding hydrogens is 276 g/mol. The van der Waals surface area contributed by atoms with Gasteiger partial charge in [-0.05, 0) is 32.6 Å². The summed E-state index contributed by atoms with van der Waals surface area (Å²) < 4.78 is 4.83. The quantitative estimate of drug-likeness (QED) is 0.692. The number of likely N-dealkylation sites (tertiary alicyclic amines) is 1. The molecule has 0 aromatic heterocycles. The number of carbonyl (C=O) groups excluding carboxylic acids is 2. The third-order valence-electron chi connectivity index (χ3n) is 3.40. The van der Waals surface area contributed by atoms with Crippen LogP contribution in [0.25, 0.3) is 0 Å². The summed E-state index contributed by atoms with van der Waals surface area (Å²) in [4.78, 5) is 35.5. The van der Waals surface area contributed by atoms with Gasteiger partial charge in [0, 0.05) is 32.0 Å². The van der Waals surface area contributed by atoms with Crippen LogP contribution in [0.5, 0.6) is 0 Å². The molecule has 1 aliphatic heterocycles. The largest absolute Gasteiger partial charge is 0.481 e. The first-order chi connectivity index (χ1) is 10.0. The predicted octanol–water partition coefficient (Wildman–Crippen LogP) is 1.37. The molecule has 0 aromatic rings. The monoisotopic (exact) mass is 300 g/mol. The summed E-state index contributed by atoms with van der Waals surface area (Å²) in [6.45, 7) is 3.26. The number of ether oxygens (including phenoxy) is 1. The minimum atomic E-state index is -0.834. The van der Waals surface area contributed by atoms with E-state index in [1.54, 1.807) is 11.8 Å². The summed E-state index contributed by atoms with van der Waals surface area (Å²) in [7, 11) is 0. The van der Waals surface area contributed by atoms with Gasteiger partial charge < -0.3 is 20.1 Å². The first kappa shape index (κ1) is 17.3. The molecule has 1 aliphatic rings. The molecule has 0 aliphatic carbocycles. The second-order valence-corrected chi connectivity index (χ2v) is 5.14. The second kappa shape index (κ2) is 9.20. The maximum Gasteiger partial charge on any atom is 0.407 e. The van der Waals surface area contributed by atoms with Gasteiger partial charge in [-0.25, -0.2) is 4.79 Å². The van der Waals surface area contributed by atoms with E-state index in [2.05, 4.69) is 5.32 Å². The van der Waals surface area contributed by atoms with Crippen molar-refractivity contribution in [1.29, 1.82) is 0 Å². The molecule has 1 fully saturated rings. The van der Waals surface area contributed by atoms with Crippen molar-refractivity contribution in [3.05, 3.63) is 0 Å². The number of nitrogens with one attached hydrogen (secondary N) is 1. The van der Waals surface area contributed by atoms with Gasteiger partial charge in [0.15, 0.2) is 0 Å². The lowest BCUT2D eigenvalue weighted by atomic mass is 10.0. The number of aliphatic carboxylic acids is 1. The highest BCUT2D eigenvalue weighted by Gasteiger charge is 2.24. The fourth-order valence-electron chi connectivity index (χ4n) is 2.37. The van der Waals surface area contributed by atoms with Gasteiger partial charge in [-0.2, -0.15) is 0 Å². The average Bonchev–Trinajstić information content (AvgIpc) is 2.43. The Hall–Kier alpha value is -1.79. The molecule has 0 aromatic carbocycles. The van der Waals surface area contributed by atoms with Gasteiger partial charge in [0.2, 0.25) is 5.91 Å². The number of carboxylic acids is 1. The van der Waals surface area contributed by atoms with Crippen molar-refractivity contribution in [1.82, 2.24) is 10.2 Å². The van der Waals surface area contributed by atoms with Crippen LogP contribution in [0.2, 0.25) is 0 Å². The summed E-state index contributed by atoms with van der Waals surface area (Å²) in [5.74, 6) is -0.810. The molecule has 0 bridgehead atoms. The number of hydrogen-bond acceptors (Lipinski definition) is 4. The summed E-state index contributed by atoms with van der Waals surface area (Å²) >= 11 is 0. The number of nitrogens with zero attached hydrogens (tertiary/aromatic N) is 1. The summed E-state index contributed by atoms with van der Waals surface area (Å²) in [6.07, 6.45) is 2.79. The highest BCUT2D eigenvalue weighted by atomic mass is 16.5. The van der Waals surface area contributed by atoms with Crippen molar-refractivity contribution >= 4 is 18.0 Å². The van der Waals surface area contributed by atoms with Gasteiger partial charge in [0.05, 0.1) is 6.61 Å². The van der Waals surface area contributed by atoms with Crippen LogP contribution in [0.15, 0.2) is 0 Å². The maximum absolute atomic E-state index is 12.0. The lowest BCUT2D eigenvalue weighted by Gasteiger charge is -2.33. The normalized spacial score (nSPS) is 18.1. The van der Waals surface area contributed by atoms with Gasteiger partial charge in [0.1, 0.15) is 0 Å². The van der Waals surface area contributed by atoms with E-state index < -0.39 is 12.1 Å². The Balaban J connectivity index is 2.29. The number of carbonyl (C=O) groups is 3. The van der Waals surface area contributed by atoms with Crippen LogP contribution in [0, 0.1) is 0 Å². The molecule has 0 radical (unpaired) electrons. The van der Waals surface area contributed by atoms with E-state index in [1.807, 2.05) is 0 Å². The van der Waals surface area contributed by atoms with E-state index in [4.69, 9.17) is 9.84 Å². The Kier molecular flexibility index (Phi) is 7.56. The molecule has 1 heterocycles. The molecule has 0 saturated carbocycles. The molecular formula is C14H24N2O5. The van der Waals surface area contributed by atoms with Gasteiger partial charge >= 0.3 is 12.1 Å². The zero-order valence-corrected chi connectivity index (χ0v) is 12.5. The average molecular weight is 300 g/mol. The van der Waals surface area contributed by atoms with Crippen LogP contribution in [-0.2, 0) is 14.3 Å². The number of carboxylic acid groups (broad SMARTS) is 1. The smallest absolute Gasteiger partial charge is 0.407 e. The lowest BCUT2D eigenvalue weighted by Crippen LogP contribution is -2.49. The Morgan fingerprint density at radius 1 is 1.29 bits per heavy atom. The van der Waals surface area contributed by atoms with Crippen LogP contribution in [-0.4, -0.2) is 53.7 Å². The Morgan fingerprint density at radius 3 is 2.67 bits per heavy atom. The zero-order chi connectivity index (χ0) is 15.7. The Bertz CT molecular complexity index is 372. The molecule has 1 rings (SSSR count). The number of unbranched alkanes of at least 4 members (excludes halogenated alkanes) is 1. The van der Waals surface area contributed by atoms with Crippen molar-refractivity contribution < 1.29 is 24.2 Å². The van der Waals surface area contributed by atoms with Crippen molar-refractivity contribution in [3.63, 3.8) is 0 Å².